The first kappa shape index (κ1) is 12.3. The Bertz CT molecular complexity index is 393. The van der Waals surface area contributed by atoms with E-state index in [0.29, 0.717) is 24.2 Å². The normalized spacial score (nSPS) is 9.50. The van der Waals surface area contributed by atoms with Crippen LogP contribution in [0, 0.1) is 11.3 Å². The molecule has 84 valence electrons. The van der Waals surface area contributed by atoms with Crippen LogP contribution in [0.4, 0.5) is 0 Å². The Labute approximate surface area is 95.7 Å². The number of methoxy groups -OCH3 is 1. The van der Waals surface area contributed by atoms with Gasteiger partial charge in [-0.05, 0) is 25.0 Å². The molecule has 3 heteroatoms. The lowest BCUT2D eigenvalue weighted by Crippen LogP contribution is -1.99. The molecular formula is C13H15NO2. The van der Waals surface area contributed by atoms with Gasteiger partial charge in [-0.25, -0.2) is 0 Å². The van der Waals surface area contributed by atoms with Crippen LogP contribution >= 0.6 is 0 Å². The summed E-state index contributed by atoms with van der Waals surface area (Å²) in [6.07, 6.45) is 2.57. The van der Waals surface area contributed by atoms with Gasteiger partial charge < -0.3 is 4.74 Å². The number of hydrogen-bond acceptors (Lipinski definition) is 3. The zero-order valence-corrected chi connectivity index (χ0v) is 9.40. The molecule has 0 N–H and O–H groups in total. The minimum absolute atomic E-state index is 0.108. The molecule has 0 saturated carbocycles. The van der Waals surface area contributed by atoms with Crippen molar-refractivity contribution in [3.05, 3.63) is 29.8 Å². The van der Waals surface area contributed by atoms with Crippen molar-refractivity contribution < 1.29 is 9.53 Å². The van der Waals surface area contributed by atoms with Crippen LogP contribution in [0.5, 0.6) is 5.75 Å². The monoisotopic (exact) mass is 217 g/mol. The molecule has 0 amide bonds. The standard InChI is InChI=1S/C13H15NO2/c1-16-12-7-5-6-11(10-12)13(15)8-3-2-4-9-14/h5-7,10H,2-4,8H2,1H3. The maximum absolute atomic E-state index is 11.7. The first-order valence-electron chi connectivity index (χ1n) is 5.32. The molecule has 1 aromatic rings. The van der Waals surface area contributed by atoms with Gasteiger partial charge in [-0.3, -0.25) is 4.79 Å². The Balaban J connectivity index is 2.49. The van der Waals surface area contributed by atoms with E-state index >= 15 is 0 Å². The minimum Gasteiger partial charge on any atom is -0.497 e. The summed E-state index contributed by atoms with van der Waals surface area (Å²) in [6.45, 7) is 0. The van der Waals surface area contributed by atoms with Crippen LogP contribution in [0.2, 0.25) is 0 Å². The molecule has 0 aliphatic heterocycles. The number of benzene rings is 1. The predicted octanol–water partition coefficient (Wildman–Crippen LogP) is 2.96. The quantitative estimate of drug-likeness (QED) is 0.543. The molecular weight excluding hydrogens is 202 g/mol. The summed E-state index contributed by atoms with van der Waals surface area (Å²) >= 11 is 0. The van der Waals surface area contributed by atoms with Crippen molar-refractivity contribution in [1.82, 2.24) is 0 Å². The van der Waals surface area contributed by atoms with Crippen molar-refractivity contribution >= 4 is 5.78 Å². The fourth-order valence-electron chi connectivity index (χ4n) is 1.43. The Kier molecular flexibility index (Phi) is 5.07. The van der Waals surface area contributed by atoms with E-state index in [-0.39, 0.29) is 5.78 Å². The summed E-state index contributed by atoms with van der Waals surface area (Å²) in [6, 6.07) is 9.22. The molecule has 0 radical (unpaired) electrons. The van der Waals surface area contributed by atoms with Crippen LogP contribution in [0.25, 0.3) is 0 Å². The van der Waals surface area contributed by atoms with Crippen LogP contribution in [0.1, 0.15) is 36.0 Å². The first-order valence-corrected chi connectivity index (χ1v) is 5.32. The molecule has 1 aromatic carbocycles. The molecule has 3 nitrogen and oxygen atoms in total. The van der Waals surface area contributed by atoms with Crippen molar-refractivity contribution in [2.24, 2.45) is 0 Å². The largest absolute Gasteiger partial charge is 0.497 e. The van der Waals surface area contributed by atoms with Gasteiger partial charge >= 0.3 is 0 Å². The first-order chi connectivity index (χ1) is 7.77. The van der Waals surface area contributed by atoms with Gasteiger partial charge in [-0.15, -0.1) is 0 Å². The van der Waals surface area contributed by atoms with Gasteiger partial charge in [0, 0.05) is 18.4 Å². The molecule has 1 rings (SSSR count). The van der Waals surface area contributed by atoms with E-state index in [2.05, 4.69) is 6.07 Å². The third-order valence-corrected chi connectivity index (χ3v) is 2.33. The average molecular weight is 217 g/mol. The molecule has 0 bridgehead atoms. The predicted molar refractivity (Wildman–Crippen MR) is 61.4 cm³/mol. The fraction of sp³-hybridized carbons (Fsp3) is 0.385. The highest BCUT2D eigenvalue weighted by atomic mass is 16.5. The van der Waals surface area contributed by atoms with Gasteiger partial charge in [0.25, 0.3) is 0 Å². The number of carbonyl (C=O) groups excluding carboxylic acids is 1. The molecule has 0 unspecified atom stereocenters. The number of ketones is 1. The zero-order valence-electron chi connectivity index (χ0n) is 9.40. The minimum atomic E-state index is 0.108. The number of carbonyl (C=O) groups is 1. The van der Waals surface area contributed by atoms with Crippen LogP contribution in [-0.4, -0.2) is 12.9 Å². The second-order valence-electron chi connectivity index (χ2n) is 3.52. The van der Waals surface area contributed by atoms with Crippen molar-refractivity contribution in [3.63, 3.8) is 0 Å². The van der Waals surface area contributed by atoms with Crippen LogP contribution < -0.4 is 4.74 Å². The van der Waals surface area contributed by atoms with E-state index in [1.54, 1.807) is 25.3 Å². The summed E-state index contributed by atoms with van der Waals surface area (Å²) < 4.78 is 5.05. The smallest absolute Gasteiger partial charge is 0.163 e. The Hall–Kier alpha value is -1.82. The van der Waals surface area contributed by atoms with E-state index in [9.17, 15) is 4.79 Å². The van der Waals surface area contributed by atoms with Crippen LogP contribution in [0.3, 0.4) is 0 Å². The molecule has 0 aromatic heterocycles. The lowest BCUT2D eigenvalue weighted by atomic mass is 10.0. The van der Waals surface area contributed by atoms with Gasteiger partial charge in [-0.2, -0.15) is 5.26 Å². The number of ether oxygens (including phenoxy) is 1. The SMILES string of the molecule is COc1cccc(C(=O)CCCCC#N)c1. The number of Topliss-reactive ketones (excluding diaryl/α,β-unsaturated/α-hetero) is 1. The van der Waals surface area contributed by atoms with Gasteiger partial charge in [0.05, 0.1) is 13.2 Å². The third-order valence-electron chi connectivity index (χ3n) is 2.33. The van der Waals surface area contributed by atoms with Crippen molar-refractivity contribution in [3.8, 4) is 11.8 Å². The number of nitriles is 1. The maximum atomic E-state index is 11.7. The molecule has 0 aliphatic rings. The highest BCUT2D eigenvalue weighted by molar-refractivity contribution is 5.96. The van der Waals surface area contributed by atoms with Crippen molar-refractivity contribution in [2.45, 2.75) is 25.7 Å². The maximum Gasteiger partial charge on any atom is 0.163 e. The number of rotatable bonds is 6. The molecule has 0 saturated heterocycles. The van der Waals surface area contributed by atoms with Gasteiger partial charge in [0.1, 0.15) is 5.75 Å². The van der Waals surface area contributed by atoms with Gasteiger partial charge in [0.15, 0.2) is 5.78 Å². The summed E-state index contributed by atoms with van der Waals surface area (Å²) in [4.78, 5) is 11.7. The second kappa shape index (κ2) is 6.62. The molecule has 0 spiro atoms. The number of hydrogen-bond donors (Lipinski definition) is 0. The van der Waals surface area contributed by atoms with E-state index in [0.717, 1.165) is 12.8 Å². The summed E-state index contributed by atoms with van der Waals surface area (Å²) in [7, 11) is 1.58. The average Bonchev–Trinajstić information content (AvgIpc) is 2.34. The third kappa shape index (κ3) is 3.74. The molecule has 0 atom stereocenters. The summed E-state index contributed by atoms with van der Waals surface area (Å²) in [5.41, 5.74) is 0.677. The van der Waals surface area contributed by atoms with E-state index < -0.39 is 0 Å². The highest BCUT2D eigenvalue weighted by Gasteiger charge is 2.06. The topological polar surface area (TPSA) is 50.1 Å². The Morgan fingerprint density at radius 3 is 2.94 bits per heavy atom. The lowest BCUT2D eigenvalue weighted by molar-refractivity contribution is 0.0979. The number of unbranched alkanes of at least 4 members (excludes halogenated alkanes) is 2. The van der Waals surface area contributed by atoms with Crippen LogP contribution in [0.15, 0.2) is 24.3 Å². The van der Waals surface area contributed by atoms with Crippen molar-refractivity contribution in [1.29, 1.82) is 5.26 Å². The second-order valence-corrected chi connectivity index (χ2v) is 3.52. The van der Waals surface area contributed by atoms with Gasteiger partial charge in [-0.1, -0.05) is 12.1 Å². The van der Waals surface area contributed by atoms with Gasteiger partial charge in [0.2, 0.25) is 0 Å². The van der Waals surface area contributed by atoms with E-state index in [4.69, 9.17) is 10.00 Å². The summed E-state index contributed by atoms with van der Waals surface area (Å²) in [5.74, 6) is 0.805. The summed E-state index contributed by atoms with van der Waals surface area (Å²) in [5, 5.41) is 8.37. The Morgan fingerprint density at radius 1 is 1.44 bits per heavy atom. The zero-order chi connectivity index (χ0) is 11.8. The molecule has 0 fully saturated rings. The molecule has 16 heavy (non-hydrogen) atoms. The molecule has 0 heterocycles. The van der Waals surface area contributed by atoms with Crippen molar-refractivity contribution in [2.75, 3.05) is 7.11 Å². The lowest BCUT2D eigenvalue weighted by Gasteiger charge is -2.03. The molecule has 0 aliphatic carbocycles. The fourth-order valence-corrected chi connectivity index (χ4v) is 1.43. The highest BCUT2D eigenvalue weighted by Crippen LogP contribution is 2.15. The Morgan fingerprint density at radius 2 is 2.25 bits per heavy atom. The van der Waals surface area contributed by atoms with E-state index in [1.807, 2.05) is 6.07 Å². The van der Waals surface area contributed by atoms with E-state index in [1.165, 1.54) is 0 Å². The number of nitrogens with zero attached hydrogens (tertiary/aromatic N) is 1. The van der Waals surface area contributed by atoms with Crippen LogP contribution in [-0.2, 0) is 0 Å².